The van der Waals surface area contributed by atoms with Crippen molar-refractivity contribution in [3.63, 3.8) is 0 Å². The Bertz CT molecular complexity index is 1010. The average molecular weight is 495 g/mol. The molecule has 0 heterocycles. The highest BCUT2D eigenvalue weighted by atomic mass is 31.2. The van der Waals surface area contributed by atoms with E-state index in [-0.39, 0.29) is 0 Å². The van der Waals surface area contributed by atoms with Crippen molar-refractivity contribution in [3.05, 3.63) is 59.2 Å². The molecule has 2 saturated carbocycles. The van der Waals surface area contributed by atoms with E-state index in [0.717, 1.165) is 59.3 Å². The lowest BCUT2D eigenvalue weighted by molar-refractivity contribution is 0.0697. The van der Waals surface area contributed by atoms with Crippen LogP contribution in [0.5, 0.6) is 0 Å². The van der Waals surface area contributed by atoms with Gasteiger partial charge < -0.3 is 9.67 Å². The Labute approximate surface area is 212 Å². The lowest BCUT2D eigenvalue weighted by atomic mass is 9.87. The first-order chi connectivity index (χ1) is 16.9. The van der Waals surface area contributed by atoms with Gasteiger partial charge in [-0.1, -0.05) is 94.5 Å². The third kappa shape index (κ3) is 7.32. The molecule has 0 radical (unpaired) electrons. The Kier molecular flexibility index (Phi) is 9.28. The standard InChI is InChI=1S/C31H43O3P/c1-24-10-8-9-15-28(24)30-22-27(16-17-29(30)31(32)33)23-35(34,20-18-25-11-4-2-5-12-25)21-19-26-13-6-3-7-14-26/h8-10,15-17,22,25-26H,2-7,11-14,18-21,23H2,1H3,(H,32,33). The van der Waals surface area contributed by atoms with Crippen LogP contribution in [0.1, 0.15) is 98.5 Å². The molecule has 0 amide bonds. The average Bonchev–Trinajstić information content (AvgIpc) is 2.88. The van der Waals surface area contributed by atoms with Gasteiger partial charge in [-0.25, -0.2) is 4.79 Å². The van der Waals surface area contributed by atoms with Gasteiger partial charge in [-0.05, 0) is 66.0 Å². The predicted octanol–water partition coefficient (Wildman–Crippen LogP) is 9.16. The van der Waals surface area contributed by atoms with Crippen molar-refractivity contribution in [2.45, 2.75) is 90.1 Å². The van der Waals surface area contributed by atoms with Crippen molar-refractivity contribution in [3.8, 4) is 11.1 Å². The minimum atomic E-state index is -2.38. The maximum absolute atomic E-state index is 14.5. The monoisotopic (exact) mass is 494 g/mol. The molecule has 0 bridgehead atoms. The van der Waals surface area contributed by atoms with Gasteiger partial charge in [0.25, 0.3) is 0 Å². The van der Waals surface area contributed by atoms with Crippen LogP contribution < -0.4 is 0 Å². The van der Waals surface area contributed by atoms with Crippen molar-refractivity contribution < 1.29 is 14.5 Å². The van der Waals surface area contributed by atoms with Gasteiger partial charge >= 0.3 is 5.97 Å². The molecule has 4 rings (SSSR count). The summed E-state index contributed by atoms with van der Waals surface area (Å²) in [4.78, 5) is 12.0. The van der Waals surface area contributed by atoms with E-state index in [2.05, 4.69) is 0 Å². The normalized spacial score (nSPS) is 18.0. The fourth-order valence-corrected chi connectivity index (χ4v) is 9.44. The van der Waals surface area contributed by atoms with Crippen molar-refractivity contribution in [1.82, 2.24) is 0 Å². The number of hydrogen-bond acceptors (Lipinski definition) is 2. The first kappa shape index (κ1) is 26.2. The summed E-state index contributed by atoms with van der Waals surface area (Å²) in [5, 5.41) is 9.84. The maximum Gasteiger partial charge on any atom is 0.336 e. The molecule has 0 aliphatic heterocycles. The van der Waals surface area contributed by atoms with Gasteiger partial charge in [-0.15, -0.1) is 0 Å². The summed E-state index contributed by atoms with van der Waals surface area (Å²) >= 11 is 0. The molecule has 2 aromatic carbocycles. The van der Waals surface area contributed by atoms with Gasteiger partial charge in [0, 0.05) is 18.5 Å². The number of aromatic carboxylic acids is 1. The second-order valence-corrected chi connectivity index (χ2v) is 14.6. The molecule has 3 nitrogen and oxygen atoms in total. The quantitative estimate of drug-likeness (QED) is 0.335. The number of hydrogen-bond donors (Lipinski definition) is 1. The van der Waals surface area contributed by atoms with E-state index in [1.54, 1.807) is 6.07 Å². The first-order valence-corrected chi connectivity index (χ1v) is 16.2. The topological polar surface area (TPSA) is 54.4 Å². The van der Waals surface area contributed by atoms with Gasteiger partial charge in [0.15, 0.2) is 0 Å². The van der Waals surface area contributed by atoms with Crippen LogP contribution in [0.3, 0.4) is 0 Å². The van der Waals surface area contributed by atoms with Crippen LogP contribution in [-0.4, -0.2) is 23.4 Å². The van der Waals surface area contributed by atoms with E-state index in [4.69, 9.17) is 0 Å². The van der Waals surface area contributed by atoms with E-state index in [1.807, 2.05) is 43.3 Å². The van der Waals surface area contributed by atoms with Crippen molar-refractivity contribution >= 4 is 13.1 Å². The molecule has 0 aromatic heterocycles. The number of carboxylic acids is 1. The molecule has 190 valence electrons. The molecule has 35 heavy (non-hydrogen) atoms. The summed E-state index contributed by atoms with van der Waals surface area (Å²) in [5.74, 6) is 0.569. The van der Waals surface area contributed by atoms with E-state index < -0.39 is 13.1 Å². The third-order valence-corrected chi connectivity index (χ3v) is 11.6. The molecule has 2 aliphatic carbocycles. The zero-order valence-corrected chi connectivity index (χ0v) is 22.4. The molecule has 0 saturated heterocycles. The Morgan fingerprint density at radius 1 is 0.829 bits per heavy atom. The summed E-state index contributed by atoms with van der Waals surface area (Å²) in [6.07, 6.45) is 17.7. The summed E-state index contributed by atoms with van der Waals surface area (Å²) in [7, 11) is -2.38. The molecule has 2 aromatic rings. The second kappa shape index (κ2) is 12.4. The second-order valence-electron chi connectivity index (χ2n) is 11.2. The SMILES string of the molecule is Cc1ccccc1-c1cc(CP(=O)(CCC2CCCCC2)CCC2CCCCC2)ccc1C(=O)O. The molecule has 2 fully saturated rings. The van der Waals surface area contributed by atoms with Crippen molar-refractivity contribution in [2.24, 2.45) is 11.8 Å². The van der Waals surface area contributed by atoms with Crippen LogP contribution in [0.25, 0.3) is 11.1 Å². The molecule has 4 heteroatoms. The van der Waals surface area contributed by atoms with Crippen LogP contribution in [-0.2, 0) is 10.7 Å². The van der Waals surface area contributed by atoms with Crippen LogP contribution in [0, 0.1) is 18.8 Å². The zero-order valence-electron chi connectivity index (χ0n) is 21.5. The summed E-state index contributed by atoms with van der Waals surface area (Å²) in [6.45, 7) is 2.02. The largest absolute Gasteiger partial charge is 0.478 e. The molecule has 0 atom stereocenters. The first-order valence-electron chi connectivity index (χ1n) is 13.9. The Hall–Kier alpha value is -1.86. The molecule has 0 unspecified atom stereocenters. The van der Waals surface area contributed by atoms with Crippen LogP contribution >= 0.6 is 7.14 Å². The van der Waals surface area contributed by atoms with Gasteiger partial charge in [-0.3, -0.25) is 0 Å². The molecular weight excluding hydrogens is 451 g/mol. The summed E-state index contributed by atoms with van der Waals surface area (Å²) in [6, 6.07) is 13.6. The van der Waals surface area contributed by atoms with Crippen molar-refractivity contribution in [2.75, 3.05) is 12.3 Å². The number of rotatable bonds is 10. The van der Waals surface area contributed by atoms with Crippen LogP contribution in [0.15, 0.2) is 42.5 Å². The number of benzene rings is 2. The summed E-state index contributed by atoms with van der Waals surface area (Å²) in [5.41, 5.74) is 4.11. The minimum Gasteiger partial charge on any atom is -0.478 e. The minimum absolute atomic E-state index is 0.322. The highest BCUT2D eigenvalue weighted by Gasteiger charge is 2.27. The number of aryl methyl sites for hydroxylation is 1. The highest BCUT2D eigenvalue weighted by molar-refractivity contribution is 7.63. The maximum atomic E-state index is 14.5. The van der Waals surface area contributed by atoms with Crippen LogP contribution in [0.4, 0.5) is 0 Å². The Morgan fingerprint density at radius 3 is 1.94 bits per heavy atom. The predicted molar refractivity (Wildman–Crippen MR) is 147 cm³/mol. The summed E-state index contributed by atoms with van der Waals surface area (Å²) < 4.78 is 14.5. The highest BCUT2D eigenvalue weighted by Crippen LogP contribution is 2.53. The zero-order chi connectivity index (χ0) is 24.7. The lowest BCUT2D eigenvalue weighted by Gasteiger charge is -2.27. The van der Waals surface area contributed by atoms with Crippen LogP contribution in [0.2, 0.25) is 0 Å². The fourth-order valence-electron chi connectivity index (χ4n) is 6.36. The molecule has 2 aliphatic rings. The van der Waals surface area contributed by atoms with E-state index >= 15 is 0 Å². The van der Waals surface area contributed by atoms with E-state index in [9.17, 15) is 14.5 Å². The van der Waals surface area contributed by atoms with Gasteiger partial charge in [0.2, 0.25) is 0 Å². The van der Waals surface area contributed by atoms with Gasteiger partial charge in [0.05, 0.1) is 12.7 Å². The Morgan fingerprint density at radius 2 is 1.40 bits per heavy atom. The van der Waals surface area contributed by atoms with E-state index in [0.29, 0.717) is 11.7 Å². The third-order valence-electron chi connectivity index (χ3n) is 8.56. The number of carbonyl (C=O) groups is 1. The molecular formula is C31H43O3P. The smallest absolute Gasteiger partial charge is 0.336 e. The molecule has 0 spiro atoms. The number of carboxylic acid groups (broad SMARTS) is 1. The van der Waals surface area contributed by atoms with Crippen molar-refractivity contribution in [1.29, 1.82) is 0 Å². The van der Waals surface area contributed by atoms with Gasteiger partial charge in [-0.2, -0.15) is 0 Å². The fraction of sp³-hybridized carbons (Fsp3) is 0.581. The molecule has 1 N–H and O–H groups in total. The lowest BCUT2D eigenvalue weighted by Crippen LogP contribution is -2.13. The Balaban J connectivity index is 1.56. The van der Waals surface area contributed by atoms with E-state index in [1.165, 1.54) is 64.2 Å². The van der Waals surface area contributed by atoms with Gasteiger partial charge in [0.1, 0.15) is 0 Å².